The highest BCUT2D eigenvalue weighted by molar-refractivity contribution is 5.84. The number of carboxylic acids is 1. The molecule has 5 nitrogen and oxygen atoms in total. The second kappa shape index (κ2) is 5.01. The summed E-state index contributed by atoms with van der Waals surface area (Å²) in [5.74, 6) is -0.956. The van der Waals surface area contributed by atoms with Crippen molar-refractivity contribution in [3.8, 4) is 0 Å². The Labute approximate surface area is 94.7 Å². The maximum Gasteiger partial charge on any atom is 0.410 e. The second-order valence-corrected chi connectivity index (χ2v) is 3.97. The predicted molar refractivity (Wildman–Crippen MR) is 58.1 cm³/mol. The fourth-order valence-electron chi connectivity index (χ4n) is 2.05. The lowest BCUT2D eigenvalue weighted by Gasteiger charge is -2.33. The van der Waals surface area contributed by atoms with E-state index in [1.807, 2.05) is 0 Å². The SMILES string of the molecule is C=CCOC(=O)N(C)C1(C(=O)O)CCCC1. The molecule has 1 fully saturated rings. The van der Waals surface area contributed by atoms with Gasteiger partial charge in [-0.2, -0.15) is 0 Å². The number of hydrogen-bond acceptors (Lipinski definition) is 3. The first-order valence-corrected chi connectivity index (χ1v) is 5.29. The number of rotatable bonds is 4. The van der Waals surface area contributed by atoms with Crippen LogP contribution in [0.4, 0.5) is 4.79 Å². The van der Waals surface area contributed by atoms with Gasteiger partial charge in [0.2, 0.25) is 0 Å². The van der Waals surface area contributed by atoms with Gasteiger partial charge in [0.05, 0.1) is 0 Å². The second-order valence-electron chi connectivity index (χ2n) is 3.97. The molecular formula is C11H17NO4. The van der Waals surface area contributed by atoms with E-state index in [1.165, 1.54) is 18.0 Å². The summed E-state index contributed by atoms with van der Waals surface area (Å²) >= 11 is 0. The van der Waals surface area contributed by atoms with Crippen LogP contribution in [0.5, 0.6) is 0 Å². The Morgan fingerprint density at radius 3 is 2.50 bits per heavy atom. The van der Waals surface area contributed by atoms with Crippen LogP contribution < -0.4 is 0 Å². The average Bonchev–Trinajstić information content (AvgIpc) is 2.75. The van der Waals surface area contributed by atoms with Crippen LogP contribution in [0.15, 0.2) is 12.7 Å². The fraction of sp³-hybridized carbons (Fsp3) is 0.636. The molecule has 0 aromatic heterocycles. The van der Waals surface area contributed by atoms with Gasteiger partial charge in [-0.25, -0.2) is 9.59 Å². The number of nitrogens with zero attached hydrogens (tertiary/aromatic N) is 1. The summed E-state index contributed by atoms with van der Waals surface area (Å²) in [6.07, 6.45) is 3.47. The van der Waals surface area contributed by atoms with Crippen molar-refractivity contribution in [1.29, 1.82) is 0 Å². The molecule has 1 N–H and O–H groups in total. The number of ether oxygens (including phenoxy) is 1. The third-order valence-electron chi connectivity index (χ3n) is 3.07. The van der Waals surface area contributed by atoms with Crippen molar-refractivity contribution in [2.75, 3.05) is 13.7 Å². The van der Waals surface area contributed by atoms with E-state index in [4.69, 9.17) is 4.74 Å². The summed E-state index contributed by atoms with van der Waals surface area (Å²) in [6, 6.07) is 0. The van der Waals surface area contributed by atoms with E-state index >= 15 is 0 Å². The molecule has 1 rings (SSSR count). The molecule has 0 spiro atoms. The molecule has 0 unspecified atom stereocenters. The highest BCUT2D eigenvalue weighted by Crippen LogP contribution is 2.35. The van der Waals surface area contributed by atoms with Crippen LogP contribution in [0.25, 0.3) is 0 Å². The van der Waals surface area contributed by atoms with Gasteiger partial charge in [-0.1, -0.05) is 25.5 Å². The largest absolute Gasteiger partial charge is 0.479 e. The van der Waals surface area contributed by atoms with Crippen LogP contribution in [0.2, 0.25) is 0 Å². The van der Waals surface area contributed by atoms with E-state index in [0.717, 1.165) is 12.8 Å². The van der Waals surface area contributed by atoms with Crippen molar-refractivity contribution in [2.45, 2.75) is 31.2 Å². The first kappa shape index (κ1) is 12.5. The lowest BCUT2D eigenvalue weighted by molar-refractivity contribution is -0.149. The van der Waals surface area contributed by atoms with Gasteiger partial charge in [-0.15, -0.1) is 0 Å². The Kier molecular flexibility index (Phi) is 3.93. The Balaban J connectivity index is 2.75. The minimum absolute atomic E-state index is 0.0961. The third-order valence-corrected chi connectivity index (χ3v) is 3.07. The van der Waals surface area contributed by atoms with Crippen molar-refractivity contribution in [2.24, 2.45) is 0 Å². The average molecular weight is 227 g/mol. The molecule has 0 aliphatic heterocycles. The van der Waals surface area contributed by atoms with Crippen molar-refractivity contribution in [3.05, 3.63) is 12.7 Å². The highest BCUT2D eigenvalue weighted by Gasteiger charge is 2.47. The zero-order chi connectivity index (χ0) is 12.2. The number of carboxylic acid groups (broad SMARTS) is 1. The van der Waals surface area contributed by atoms with Crippen molar-refractivity contribution in [1.82, 2.24) is 4.90 Å². The minimum atomic E-state index is -1.09. The topological polar surface area (TPSA) is 66.8 Å². The van der Waals surface area contributed by atoms with Gasteiger partial charge in [-0.05, 0) is 12.8 Å². The maximum absolute atomic E-state index is 11.6. The van der Waals surface area contributed by atoms with E-state index < -0.39 is 17.6 Å². The van der Waals surface area contributed by atoms with Crippen LogP contribution in [0.3, 0.4) is 0 Å². The molecule has 0 heterocycles. The zero-order valence-corrected chi connectivity index (χ0v) is 9.44. The van der Waals surface area contributed by atoms with E-state index in [9.17, 15) is 14.7 Å². The summed E-state index contributed by atoms with van der Waals surface area (Å²) in [4.78, 5) is 24.1. The van der Waals surface area contributed by atoms with Gasteiger partial charge in [0.15, 0.2) is 0 Å². The van der Waals surface area contributed by atoms with Crippen LogP contribution >= 0.6 is 0 Å². The zero-order valence-electron chi connectivity index (χ0n) is 9.44. The Hall–Kier alpha value is -1.52. The predicted octanol–water partition coefficient (Wildman–Crippen LogP) is 1.64. The number of likely N-dealkylation sites (N-methyl/N-ethyl adjacent to an activating group) is 1. The molecule has 1 aliphatic carbocycles. The lowest BCUT2D eigenvalue weighted by atomic mass is 9.96. The van der Waals surface area contributed by atoms with Crippen molar-refractivity contribution >= 4 is 12.1 Å². The molecule has 0 aromatic carbocycles. The number of hydrogen-bond donors (Lipinski definition) is 1. The van der Waals surface area contributed by atoms with Gasteiger partial charge in [-0.3, -0.25) is 4.90 Å². The van der Waals surface area contributed by atoms with Crippen LogP contribution in [0, 0.1) is 0 Å². The Morgan fingerprint density at radius 2 is 2.06 bits per heavy atom. The molecule has 0 radical (unpaired) electrons. The lowest BCUT2D eigenvalue weighted by Crippen LogP contribution is -2.53. The van der Waals surface area contributed by atoms with Gasteiger partial charge >= 0.3 is 12.1 Å². The third kappa shape index (κ3) is 2.18. The Bertz CT molecular complexity index is 294. The van der Waals surface area contributed by atoms with Crippen LogP contribution in [-0.4, -0.2) is 41.3 Å². The quantitative estimate of drug-likeness (QED) is 0.741. The summed E-state index contributed by atoms with van der Waals surface area (Å²) in [5.41, 5.74) is -1.09. The monoisotopic (exact) mass is 227 g/mol. The van der Waals surface area contributed by atoms with Crippen molar-refractivity contribution < 1.29 is 19.4 Å². The van der Waals surface area contributed by atoms with Gasteiger partial charge in [0.1, 0.15) is 12.1 Å². The Morgan fingerprint density at radius 1 is 1.50 bits per heavy atom. The minimum Gasteiger partial charge on any atom is -0.479 e. The van der Waals surface area contributed by atoms with Crippen LogP contribution in [-0.2, 0) is 9.53 Å². The van der Waals surface area contributed by atoms with Gasteiger partial charge in [0.25, 0.3) is 0 Å². The normalized spacial score (nSPS) is 17.8. The number of carbonyl (C=O) groups excluding carboxylic acids is 1. The summed E-state index contributed by atoms with van der Waals surface area (Å²) < 4.78 is 4.85. The molecule has 0 aromatic rings. The maximum atomic E-state index is 11.6. The molecule has 1 amide bonds. The number of carbonyl (C=O) groups is 2. The van der Waals surface area contributed by atoms with Gasteiger partial charge < -0.3 is 9.84 Å². The summed E-state index contributed by atoms with van der Waals surface area (Å²) in [6.45, 7) is 3.53. The van der Waals surface area contributed by atoms with E-state index in [0.29, 0.717) is 12.8 Å². The van der Waals surface area contributed by atoms with E-state index in [1.54, 1.807) is 0 Å². The molecule has 5 heteroatoms. The number of amides is 1. The first-order valence-electron chi connectivity index (χ1n) is 5.29. The first-order chi connectivity index (χ1) is 7.54. The number of aliphatic carboxylic acids is 1. The molecule has 0 bridgehead atoms. The van der Waals surface area contributed by atoms with E-state index in [2.05, 4.69) is 6.58 Å². The summed E-state index contributed by atoms with van der Waals surface area (Å²) in [7, 11) is 1.48. The molecule has 1 saturated carbocycles. The standard InChI is InChI=1S/C11H17NO4/c1-3-8-16-10(15)12(2)11(9(13)14)6-4-5-7-11/h3H,1,4-8H2,2H3,(H,13,14). The van der Waals surface area contributed by atoms with E-state index in [-0.39, 0.29) is 6.61 Å². The molecule has 16 heavy (non-hydrogen) atoms. The van der Waals surface area contributed by atoms with Crippen LogP contribution in [0.1, 0.15) is 25.7 Å². The highest BCUT2D eigenvalue weighted by atomic mass is 16.6. The molecule has 0 saturated heterocycles. The molecule has 1 aliphatic rings. The molecule has 90 valence electrons. The van der Waals surface area contributed by atoms with Crippen molar-refractivity contribution in [3.63, 3.8) is 0 Å². The smallest absolute Gasteiger partial charge is 0.410 e. The molecular weight excluding hydrogens is 210 g/mol. The fourth-order valence-corrected chi connectivity index (χ4v) is 2.05. The summed E-state index contributed by atoms with van der Waals surface area (Å²) in [5, 5.41) is 9.24. The van der Waals surface area contributed by atoms with Gasteiger partial charge in [0, 0.05) is 7.05 Å². The molecule has 0 atom stereocenters.